The van der Waals surface area contributed by atoms with Gasteiger partial charge in [-0.15, -0.1) is 0 Å². The monoisotopic (exact) mass is 314 g/mol. The van der Waals surface area contributed by atoms with Crippen LogP contribution in [0, 0.1) is 0 Å². The van der Waals surface area contributed by atoms with E-state index in [0.717, 1.165) is 0 Å². The summed E-state index contributed by atoms with van der Waals surface area (Å²) in [5, 5.41) is 35.6. The number of aliphatic hydroxyl groups is 4. The number of hydrogen-bond acceptors (Lipinski definition) is 8. The molecule has 0 aliphatic carbocycles. The first kappa shape index (κ1) is 18.1. The van der Waals surface area contributed by atoms with E-state index in [-0.39, 0.29) is 11.1 Å². The summed E-state index contributed by atoms with van der Waals surface area (Å²) in [6, 6.07) is 5.67. The van der Waals surface area contributed by atoms with E-state index in [1.54, 1.807) is 0 Å². The minimum Gasteiger partial charge on any atom is -0.459 e. The van der Waals surface area contributed by atoms with Crippen molar-refractivity contribution in [2.24, 2.45) is 0 Å². The molecule has 1 rings (SSSR count). The summed E-state index contributed by atoms with van der Waals surface area (Å²) < 4.78 is 9.61. The van der Waals surface area contributed by atoms with Gasteiger partial charge in [-0.05, 0) is 12.1 Å². The quantitative estimate of drug-likeness (QED) is 0.435. The number of esters is 2. The van der Waals surface area contributed by atoms with Gasteiger partial charge in [-0.2, -0.15) is 0 Å². The zero-order chi connectivity index (χ0) is 16.5. The van der Waals surface area contributed by atoms with Crippen LogP contribution in [-0.2, 0) is 9.47 Å². The molecule has 1 unspecified atom stereocenters. The second-order valence-electron chi connectivity index (χ2n) is 4.37. The maximum Gasteiger partial charge on any atom is 0.339 e. The van der Waals surface area contributed by atoms with E-state index in [2.05, 4.69) is 0 Å². The van der Waals surface area contributed by atoms with Crippen LogP contribution in [-0.4, -0.2) is 71.0 Å². The molecular formula is C14H18O8. The average Bonchev–Trinajstić information content (AvgIpc) is 2.56. The second kappa shape index (κ2) is 9.11. The normalized spacial score (nSPS) is 12.0. The first-order valence-corrected chi connectivity index (χ1v) is 6.51. The van der Waals surface area contributed by atoms with Gasteiger partial charge in [0.25, 0.3) is 0 Å². The smallest absolute Gasteiger partial charge is 0.339 e. The summed E-state index contributed by atoms with van der Waals surface area (Å²) in [7, 11) is 0. The second-order valence-corrected chi connectivity index (χ2v) is 4.37. The molecule has 8 nitrogen and oxygen atoms in total. The van der Waals surface area contributed by atoms with Crippen LogP contribution in [0.1, 0.15) is 20.7 Å². The van der Waals surface area contributed by atoms with E-state index < -0.39 is 50.6 Å². The molecule has 122 valence electrons. The lowest BCUT2D eigenvalue weighted by Crippen LogP contribution is -2.27. The van der Waals surface area contributed by atoms with E-state index >= 15 is 0 Å². The van der Waals surface area contributed by atoms with Crippen molar-refractivity contribution in [2.45, 2.75) is 12.2 Å². The van der Waals surface area contributed by atoms with Crippen LogP contribution in [0.5, 0.6) is 0 Å². The first-order valence-electron chi connectivity index (χ1n) is 6.51. The molecule has 0 radical (unpaired) electrons. The van der Waals surface area contributed by atoms with E-state index in [4.69, 9.17) is 29.9 Å². The molecule has 0 saturated carbocycles. The molecule has 0 spiro atoms. The minimum atomic E-state index is -1.21. The van der Waals surface area contributed by atoms with Gasteiger partial charge in [0.1, 0.15) is 18.8 Å². The van der Waals surface area contributed by atoms with Gasteiger partial charge in [0, 0.05) is 0 Å². The van der Waals surface area contributed by atoms with Gasteiger partial charge < -0.3 is 29.9 Å². The minimum absolute atomic E-state index is 0.0905. The summed E-state index contributed by atoms with van der Waals surface area (Å²) in [5.74, 6) is -1.77. The molecule has 22 heavy (non-hydrogen) atoms. The van der Waals surface area contributed by atoms with Crippen molar-refractivity contribution >= 4 is 11.9 Å². The molecule has 0 heterocycles. The Labute approximate surface area is 126 Å². The predicted molar refractivity (Wildman–Crippen MR) is 73.2 cm³/mol. The maximum atomic E-state index is 12.0. The van der Waals surface area contributed by atoms with Crippen molar-refractivity contribution < 1.29 is 39.5 Å². The van der Waals surface area contributed by atoms with Crippen LogP contribution in [0.3, 0.4) is 0 Å². The first-order chi connectivity index (χ1) is 10.5. The lowest BCUT2D eigenvalue weighted by atomic mass is 10.1. The zero-order valence-corrected chi connectivity index (χ0v) is 11.7. The van der Waals surface area contributed by atoms with Gasteiger partial charge >= 0.3 is 11.9 Å². The van der Waals surface area contributed by atoms with Gasteiger partial charge in [-0.1, -0.05) is 12.1 Å². The number of aliphatic hydroxyl groups excluding tert-OH is 4. The SMILES string of the molecule is O=C(OCC(O)CO)c1ccccc1C(=O)OC(CO)CO. The Morgan fingerprint density at radius 3 is 2.00 bits per heavy atom. The van der Waals surface area contributed by atoms with Gasteiger partial charge in [-0.25, -0.2) is 9.59 Å². The van der Waals surface area contributed by atoms with Crippen molar-refractivity contribution in [2.75, 3.05) is 26.4 Å². The van der Waals surface area contributed by atoms with Crippen molar-refractivity contribution in [3.8, 4) is 0 Å². The van der Waals surface area contributed by atoms with Gasteiger partial charge in [0.05, 0.1) is 30.9 Å². The van der Waals surface area contributed by atoms with Crippen LogP contribution < -0.4 is 0 Å². The Morgan fingerprint density at radius 2 is 1.50 bits per heavy atom. The number of carbonyl (C=O) groups excluding carboxylic acids is 2. The van der Waals surface area contributed by atoms with Crippen LogP contribution in [0.4, 0.5) is 0 Å². The van der Waals surface area contributed by atoms with Crippen molar-refractivity contribution in [1.29, 1.82) is 0 Å². The Kier molecular flexibility index (Phi) is 7.47. The number of hydrogen-bond donors (Lipinski definition) is 4. The highest BCUT2D eigenvalue weighted by Crippen LogP contribution is 2.13. The van der Waals surface area contributed by atoms with E-state index in [0.29, 0.717) is 0 Å². The van der Waals surface area contributed by atoms with E-state index in [9.17, 15) is 9.59 Å². The van der Waals surface area contributed by atoms with Crippen molar-refractivity contribution in [3.63, 3.8) is 0 Å². The number of benzene rings is 1. The molecule has 0 aromatic heterocycles. The summed E-state index contributed by atoms with van der Waals surface area (Å²) in [4.78, 5) is 23.8. The molecule has 4 N–H and O–H groups in total. The third-order valence-corrected chi connectivity index (χ3v) is 2.67. The van der Waals surface area contributed by atoms with E-state index in [1.807, 2.05) is 0 Å². The number of ether oxygens (including phenoxy) is 2. The van der Waals surface area contributed by atoms with Crippen LogP contribution >= 0.6 is 0 Å². The Balaban J connectivity index is 2.84. The Morgan fingerprint density at radius 1 is 0.955 bits per heavy atom. The lowest BCUT2D eigenvalue weighted by molar-refractivity contribution is -0.00611. The fourth-order valence-corrected chi connectivity index (χ4v) is 1.49. The van der Waals surface area contributed by atoms with Crippen LogP contribution in [0.25, 0.3) is 0 Å². The van der Waals surface area contributed by atoms with Crippen LogP contribution in [0.2, 0.25) is 0 Å². The highest BCUT2D eigenvalue weighted by Gasteiger charge is 2.22. The third kappa shape index (κ3) is 5.08. The molecule has 0 aliphatic rings. The predicted octanol–water partition coefficient (Wildman–Crippen LogP) is -1.29. The summed E-state index contributed by atoms with van der Waals surface area (Å²) in [6.45, 7) is -2.10. The standard InChI is InChI=1S/C14H18O8/c15-5-9(18)8-21-13(19)11-3-1-2-4-12(11)14(20)22-10(6-16)7-17/h1-4,9-10,15-18H,5-8H2. The molecule has 0 fully saturated rings. The van der Waals surface area contributed by atoms with Gasteiger partial charge in [0.2, 0.25) is 0 Å². The molecule has 0 aliphatic heterocycles. The van der Waals surface area contributed by atoms with Gasteiger partial charge in [0.15, 0.2) is 0 Å². The largest absolute Gasteiger partial charge is 0.459 e. The lowest BCUT2D eigenvalue weighted by Gasteiger charge is -2.14. The molecule has 1 aromatic rings. The number of carbonyl (C=O) groups is 2. The van der Waals surface area contributed by atoms with Crippen molar-refractivity contribution in [1.82, 2.24) is 0 Å². The van der Waals surface area contributed by atoms with Crippen molar-refractivity contribution in [3.05, 3.63) is 35.4 Å². The maximum absolute atomic E-state index is 12.0. The van der Waals surface area contributed by atoms with Gasteiger partial charge in [-0.3, -0.25) is 0 Å². The fraction of sp³-hybridized carbons (Fsp3) is 0.429. The molecule has 0 amide bonds. The molecular weight excluding hydrogens is 296 g/mol. The summed E-state index contributed by atoms with van der Waals surface area (Å²) in [6.07, 6.45) is -2.30. The average molecular weight is 314 g/mol. The molecule has 0 bridgehead atoms. The highest BCUT2D eigenvalue weighted by atomic mass is 16.6. The molecule has 0 saturated heterocycles. The Hall–Kier alpha value is -2.00. The molecule has 1 atom stereocenters. The number of rotatable bonds is 8. The topological polar surface area (TPSA) is 134 Å². The van der Waals surface area contributed by atoms with E-state index in [1.165, 1.54) is 24.3 Å². The molecule has 8 heteroatoms. The summed E-state index contributed by atoms with van der Waals surface area (Å²) >= 11 is 0. The third-order valence-electron chi connectivity index (χ3n) is 2.67. The fourth-order valence-electron chi connectivity index (χ4n) is 1.49. The molecule has 1 aromatic carbocycles. The summed E-state index contributed by atoms with van der Waals surface area (Å²) in [5.41, 5.74) is -0.190. The van der Waals surface area contributed by atoms with Crippen LogP contribution in [0.15, 0.2) is 24.3 Å². The Bertz CT molecular complexity index is 497. The zero-order valence-electron chi connectivity index (χ0n) is 11.7. The highest BCUT2D eigenvalue weighted by molar-refractivity contribution is 6.03.